The molecule has 146 valence electrons. The Morgan fingerprint density at radius 2 is 1.71 bits per heavy atom. The minimum absolute atomic E-state index is 0.191. The van der Waals surface area contributed by atoms with Crippen molar-refractivity contribution in [2.24, 2.45) is 0 Å². The molecule has 9 nitrogen and oxygen atoms in total. The van der Waals surface area contributed by atoms with E-state index in [1.165, 1.54) is 0 Å². The van der Waals surface area contributed by atoms with Crippen LogP contribution in [0.3, 0.4) is 0 Å². The molecule has 1 aromatic carbocycles. The summed E-state index contributed by atoms with van der Waals surface area (Å²) < 4.78 is 11.0. The van der Waals surface area contributed by atoms with Crippen molar-refractivity contribution in [2.75, 3.05) is 49.6 Å². The van der Waals surface area contributed by atoms with Gasteiger partial charge in [0.05, 0.1) is 0 Å². The number of carbonyl (C=O) groups excluding carboxylic acids is 2. The molecule has 2 aliphatic heterocycles. The maximum Gasteiger partial charge on any atom is 0.233 e. The highest BCUT2D eigenvalue weighted by Crippen LogP contribution is 2.32. The van der Waals surface area contributed by atoms with E-state index in [1.807, 2.05) is 4.90 Å². The zero-order valence-electron chi connectivity index (χ0n) is 15.3. The van der Waals surface area contributed by atoms with Crippen molar-refractivity contribution >= 4 is 23.5 Å². The summed E-state index contributed by atoms with van der Waals surface area (Å²) >= 11 is 0. The van der Waals surface area contributed by atoms with Crippen molar-refractivity contribution < 1.29 is 19.1 Å². The number of hydrogen-bond acceptors (Lipinski definition) is 7. The monoisotopic (exact) mass is 383 g/mol. The molecule has 0 atom stereocenters. The lowest BCUT2D eigenvalue weighted by molar-refractivity contribution is -0.134. The SMILES string of the molecule is O=C(CC(=O)N1CCN(c2ncccn2)CC1)Nc1ccc2c(c1)OCCO2. The second-order valence-corrected chi connectivity index (χ2v) is 6.50. The molecule has 4 rings (SSSR count). The first-order valence-electron chi connectivity index (χ1n) is 9.18. The molecule has 1 fully saturated rings. The molecular formula is C19H21N5O4. The molecule has 2 aliphatic rings. The number of rotatable bonds is 4. The number of carbonyl (C=O) groups is 2. The van der Waals surface area contributed by atoms with Gasteiger partial charge in [-0.15, -0.1) is 0 Å². The second-order valence-electron chi connectivity index (χ2n) is 6.50. The molecule has 0 spiro atoms. The highest BCUT2D eigenvalue weighted by Gasteiger charge is 2.24. The van der Waals surface area contributed by atoms with Gasteiger partial charge in [-0.2, -0.15) is 0 Å². The molecule has 1 N–H and O–H groups in total. The van der Waals surface area contributed by atoms with E-state index in [-0.39, 0.29) is 18.2 Å². The Morgan fingerprint density at radius 3 is 2.46 bits per heavy atom. The van der Waals surface area contributed by atoms with Crippen molar-refractivity contribution in [3.05, 3.63) is 36.7 Å². The van der Waals surface area contributed by atoms with Gasteiger partial charge in [-0.05, 0) is 18.2 Å². The van der Waals surface area contributed by atoms with E-state index in [0.29, 0.717) is 62.5 Å². The molecule has 1 aromatic heterocycles. The number of anilines is 2. The molecule has 2 aromatic rings. The summed E-state index contributed by atoms with van der Waals surface area (Å²) in [6.07, 6.45) is 3.19. The van der Waals surface area contributed by atoms with Gasteiger partial charge in [0, 0.05) is 50.3 Å². The van der Waals surface area contributed by atoms with Crippen molar-refractivity contribution in [3.8, 4) is 11.5 Å². The zero-order chi connectivity index (χ0) is 19.3. The van der Waals surface area contributed by atoms with Crippen molar-refractivity contribution in [3.63, 3.8) is 0 Å². The van der Waals surface area contributed by atoms with Crippen molar-refractivity contribution in [1.82, 2.24) is 14.9 Å². The molecule has 0 unspecified atom stereocenters. The van der Waals surface area contributed by atoms with Crippen LogP contribution in [0.25, 0.3) is 0 Å². The summed E-state index contributed by atoms with van der Waals surface area (Å²) in [7, 11) is 0. The van der Waals surface area contributed by atoms with Gasteiger partial charge < -0.3 is 24.6 Å². The minimum Gasteiger partial charge on any atom is -0.486 e. The van der Waals surface area contributed by atoms with Crippen LogP contribution in [0.1, 0.15) is 6.42 Å². The molecular weight excluding hydrogens is 362 g/mol. The molecule has 2 amide bonds. The van der Waals surface area contributed by atoms with Crippen LogP contribution >= 0.6 is 0 Å². The number of piperazine rings is 1. The summed E-state index contributed by atoms with van der Waals surface area (Å²) in [6.45, 7) is 3.33. The number of ether oxygens (including phenoxy) is 2. The smallest absolute Gasteiger partial charge is 0.233 e. The van der Waals surface area contributed by atoms with E-state index >= 15 is 0 Å². The molecule has 28 heavy (non-hydrogen) atoms. The lowest BCUT2D eigenvalue weighted by Crippen LogP contribution is -2.49. The molecule has 0 saturated carbocycles. The van der Waals surface area contributed by atoms with Crippen LogP contribution in [-0.2, 0) is 9.59 Å². The minimum atomic E-state index is -0.351. The van der Waals surface area contributed by atoms with E-state index < -0.39 is 0 Å². The average Bonchev–Trinajstić information content (AvgIpc) is 2.74. The summed E-state index contributed by atoms with van der Waals surface area (Å²) in [5, 5.41) is 2.74. The van der Waals surface area contributed by atoms with Gasteiger partial charge in [-0.1, -0.05) is 0 Å². The standard InChI is InChI=1S/C19H21N5O4/c25-17(22-14-2-3-15-16(12-14)28-11-10-27-15)13-18(26)23-6-8-24(9-7-23)19-20-4-1-5-21-19/h1-5,12H,6-11,13H2,(H,22,25). The molecule has 0 bridgehead atoms. The number of amides is 2. The Hall–Kier alpha value is -3.36. The fourth-order valence-electron chi connectivity index (χ4n) is 3.19. The van der Waals surface area contributed by atoms with E-state index in [1.54, 1.807) is 41.6 Å². The quantitative estimate of drug-likeness (QED) is 0.785. The Balaban J connectivity index is 1.27. The average molecular weight is 383 g/mol. The summed E-state index contributed by atoms with van der Waals surface area (Å²) in [5.41, 5.74) is 0.577. The number of hydrogen-bond donors (Lipinski definition) is 1. The van der Waals surface area contributed by atoms with Crippen LogP contribution in [0.5, 0.6) is 11.5 Å². The van der Waals surface area contributed by atoms with Crippen LogP contribution in [-0.4, -0.2) is 66.1 Å². The predicted octanol–water partition coefficient (Wildman–Crippen LogP) is 0.925. The zero-order valence-corrected chi connectivity index (χ0v) is 15.3. The van der Waals surface area contributed by atoms with Gasteiger partial charge in [0.15, 0.2) is 11.5 Å². The maximum absolute atomic E-state index is 12.4. The van der Waals surface area contributed by atoms with Crippen LogP contribution < -0.4 is 19.7 Å². The topological polar surface area (TPSA) is 96.9 Å². The fourth-order valence-corrected chi connectivity index (χ4v) is 3.19. The number of benzene rings is 1. The lowest BCUT2D eigenvalue weighted by Gasteiger charge is -2.34. The third-order valence-electron chi connectivity index (χ3n) is 4.61. The van der Waals surface area contributed by atoms with Crippen LogP contribution in [0, 0.1) is 0 Å². The van der Waals surface area contributed by atoms with Crippen LogP contribution in [0.15, 0.2) is 36.7 Å². The normalized spacial score (nSPS) is 15.9. The van der Waals surface area contributed by atoms with E-state index in [4.69, 9.17) is 9.47 Å². The first-order chi connectivity index (χ1) is 13.7. The van der Waals surface area contributed by atoms with Gasteiger partial charge in [0.25, 0.3) is 0 Å². The first kappa shape index (κ1) is 18.0. The van der Waals surface area contributed by atoms with Crippen LogP contribution in [0.2, 0.25) is 0 Å². The summed E-state index contributed by atoms with van der Waals surface area (Å²) in [6, 6.07) is 6.95. The summed E-state index contributed by atoms with van der Waals surface area (Å²) in [5.74, 6) is 1.36. The number of fused-ring (bicyclic) bond motifs is 1. The lowest BCUT2D eigenvalue weighted by atomic mass is 10.2. The van der Waals surface area contributed by atoms with Gasteiger partial charge in [0.2, 0.25) is 17.8 Å². The number of nitrogens with zero attached hydrogens (tertiary/aromatic N) is 4. The number of nitrogens with one attached hydrogen (secondary N) is 1. The maximum atomic E-state index is 12.4. The molecule has 1 saturated heterocycles. The Morgan fingerprint density at radius 1 is 1.00 bits per heavy atom. The largest absolute Gasteiger partial charge is 0.486 e. The van der Waals surface area contributed by atoms with Gasteiger partial charge in [0.1, 0.15) is 19.6 Å². The Kier molecular flexibility index (Phi) is 5.22. The van der Waals surface area contributed by atoms with Gasteiger partial charge >= 0.3 is 0 Å². The molecule has 9 heteroatoms. The highest BCUT2D eigenvalue weighted by molar-refractivity contribution is 6.03. The second kappa shape index (κ2) is 8.12. The molecule has 0 aliphatic carbocycles. The number of aromatic nitrogens is 2. The Bertz CT molecular complexity index is 853. The van der Waals surface area contributed by atoms with Crippen LogP contribution in [0.4, 0.5) is 11.6 Å². The molecule has 0 radical (unpaired) electrons. The van der Waals surface area contributed by atoms with Crippen molar-refractivity contribution in [2.45, 2.75) is 6.42 Å². The Labute approximate surface area is 162 Å². The van der Waals surface area contributed by atoms with Gasteiger partial charge in [-0.25, -0.2) is 9.97 Å². The molecule has 3 heterocycles. The summed E-state index contributed by atoms with van der Waals surface area (Å²) in [4.78, 5) is 36.9. The van der Waals surface area contributed by atoms with E-state index in [0.717, 1.165) is 0 Å². The predicted molar refractivity (Wildman–Crippen MR) is 102 cm³/mol. The third kappa shape index (κ3) is 4.13. The fraction of sp³-hybridized carbons (Fsp3) is 0.368. The third-order valence-corrected chi connectivity index (χ3v) is 4.61. The van der Waals surface area contributed by atoms with Crippen molar-refractivity contribution in [1.29, 1.82) is 0 Å². The van der Waals surface area contributed by atoms with E-state index in [2.05, 4.69) is 15.3 Å². The van der Waals surface area contributed by atoms with Gasteiger partial charge in [-0.3, -0.25) is 9.59 Å². The van der Waals surface area contributed by atoms with E-state index in [9.17, 15) is 9.59 Å². The highest BCUT2D eigenvalue weighted by atomic mass is 16.6. The first-order valence-corrected chi connectivity index (χ1v) is 9.18.